The average molecular weight is 190 g/mol. The molecule has 0 radical (unpaired) electrons. The summed E-state index contributed by atoms with van der Waals surface area (Å²) in [5, 5.41) is 12.9. The lowest BCUT2D eigenvalue weighted by molar-refractivity contribution is 0.201. The third kappa shape index (κ3) is 3.31. The first-order chi connectivity index (χ1) is 5.49. The molecule has 1 saturated heterocycles. The van der Waals surface area contributed by atoms with Crippen molar-refractivity contribution in [2.24, 2.45) is 5.73 Å². The molecule has 72 valence electrons. The number of aliphatic hydroxyl groups is 1. The summed E-state index contributed by atoms with van der Waals surface area (Å²) in [5.74, 6) is 0.899. The van der Waals surface area contributed by atoms with Crippen molar-refractivity contribution in [2.45, 2.75) is 30.7 Å². The molecule has 2 unspecified atom stereocenters. The number of hydrogen-bond acceptors (Lipinski definition) is 4. The number of hydrogen-bond donors (Lipinski definition) is 3. The number of aliphatic hydroxyl groups excluding tert-OH is 1. The van der Waals surface area contributed by atoms with Gasteiger partial charge in [0.2, 0.25) is 0 Å². The van der Waals surface area contributed by atoms with E-state index in [9.17, 15) is 5.11 Å². The van der Waals surface area contributed by atoms with Gasteiger partial charge in [0.15, 0.2) is 0 Å². The van der Waals surface area contributed by atoms with Crippen molar-refractivity contribution in [3.63, 3.8) is 0 Å². The maximum absolute atomic E-state index is 9.46. The molecule has 1 rings (SSSR count). The van der Waals surface area contributed by atoms with Gasteiger partial charge < -0.3 is 16.2 Å². The second-order valence-electron chi connectivity index (χ2n) is 4.06. The highest BCUT2D eigenvalue weighted by Crippen LogP contribution is 2.21. The molecule has 0 spiro atoms. The smallest absolute Gasteiger partial charge is 0.0795 e. The second-order valence-corrected chi connectivity index (χ2v) is 5.29. The van der Waals surface area contributed by atoms with Gasteiger partial charge in [-0.25, -0.2) is 0 Å². The fourth-order valence-electron chi connectivity index (χ4n) is 1.13. The third-order valence-corrected chi connectivity index (χ3v) is 3.62. The van der Waals surface area contributed by atoms with Crippen molar-refractivity contribution >= 4 is 11.8 Å². The van der Waals surface area contributed by atoms with E-state index in [0.717, 1.165) is 18.8 Å². The highest BCUT2D eigenvalue weighted by Gasteiger charge is 2.26. The lowest BCUT2D eigenvalue weighted by atomic mass is 10.1. The third-order valence-electron chi connectivity index (χ3n) is 1.80. The van der Waals surface area contributed by atoms with E-state index < -0.39 is 0 Å². The molecule has 1 aliphatic heterocycles. The van der Waals surface area contributed by atoms with Gasteiger partial charge in [-0.15, -0.1) is 0 Å². The molecule has 0 aliphatic carbocycles. The molecule has 4 heteroatoms. The van der Waals surface area contributed by atoms with Gasteiger partial charge >= 0.3 is 0 Å². The van der Waals surface area contributed by atoms with Crippen LogP contribution < -0.4 is 11.1 Å². The van der Waals surface area contributed by atoms with Crippen LogP contribution in [0.25, 0.3) is 0 Å². The summed E-state index contributed by atoms with van der Waals surface area (Å²) < 4.78 is 0. The molecular formula is C8H18N2OS. The van der Waals surface area contributed by atoms with Crippen molar-refractivity contribution in [1.82, 2.24) is 5.32 Å². The Morgan fingerprint density at radius 3 is 2.67 bits per heavy atom. The zero-order chi connectivity index (χ0) is 9.19. The van der Waals surface area contributed by atoms with Gasteiger partial charge in [-0.1, -0.05) is 0 Å². The van der Waals surface area contributed by atoms with Crippen molar-refractivity contribution in [3.05, 3.63) is 0 Å². The van der Waals surface area contributed by atoms with Crippen molar-refractivity contribution in [3.8, 4) is 0 Å². The monoisotopic (exact) mass is 190 g/mol. The van der Waals surface area contributed by atoms with Gasteiger partial charge in [-0.05, 0) is 13.8 Å². The van der Waals surface area contributed by atoms with Crippen molar-refractivity contribution in [1.29, 1.82) is 0 Å². The molecule has 2 atom stereocenters. The van der Waals surface area contributed by atoms with Gasteiger partial charge in [-0.3, -0.25) is 0 Å². The molecule has 0 aromatic heterocycles. The summed E-state index contributed by atoms with van der Waals surface area (Å²) in [6, 6.07) is 0. The lowest BCUT2D eigenvalue weighted by Crippen LogP contribution is -2.36. The number of nitrogens with two attached hydrogens (primary N) is 1. The van der Waals surface area contributed by atoms with E-state index in [-0.39, 0.29) is 11.6 Å². The molecule has 0 amide bonds. The van der Waals surface area contributed by atoms with Crippen LogP contribution in [0.5, 0.6) is 0 Å². The van der Waals surface area contributed by atoms with E-state index in [1.54, 1.807) is 11.8 Å². The fourth-order valence-corrected chi connectivity index (χ4v) is 2.33. The molecule has 0 aromatic carbocycles. The topological polar surface area (TPSA) is 58.3 Å². The number of nitrogens with one attached hydrogen (secondary N) is 1. The number of rotatable bonds is 3. The maximum atomic E-state index is 9.46. The Morgan fingerprint density at radius 2 is 2.25 bits per heavy atom. The van der Waals surface area contributed by atoms with Crippen LogP contribution in [0.1, 0.15) is 13.8 Å². The normalized spacial score (nSPS) is 31.0. The number of thioether (sulfide) groups is 1. The molecule has 4 N–H and O–H groups in total. The fraction of sp³-hybridized carbons (Fsp3) is 1.00. The molecule has 0 bridgehead atoms. The van der Waals surface area contributed by atoms with Gasteiger partial charge in [0, 0.05) is 29.6 Å². The molecule has 0 aromatic rings. The average Bonchev–Trinajstić information content (AvgIpc) is 2.29. The highest BCUT2D eigenvalue weighted by atomic mass is 32.2. The van der Waals surface area contributed by atoms with E-state index >= 15 is 0 Å². The predicted molar refractivity (Wildman–Crippen MR) is 53.4 cm³/mol. The first kappa shape index (κ1) is 10.3. The first-order valence-electron chi connectivity index (χ1n) is 4.28. The zero-order valence-electron chi connectivity index (χ0n) is 7.71. The zero-order valence-corrected chi connectivity index (χ0v) is 8.53. The SMILES string of the molecule is CC(C)(N)CSC1CNCC1O. The summed E-state index contributed by atoms with van der Waals surface area (Å²) >= 11 is 1.76. The standard InChI is InChI=1S/C8H18N2OS/c1-8(2,9)5-12-7-4-10-3-6(7)11/h6-7,10-11H,3-5,9H2,1-2H3. The Kier molecular flexibility index (Phi) is 3.40. The minimum absolute atomic E-state index is 0.132. The van der Waals surface area contributed by atoms with Crippen LogP contribution >= 0.6 is 11.8 Å². The first-order valence-corrected chi connectivity index (χ1v) is 5.33. The van der Waals surface area contributed by atoms with Crippen LogP contribution in [0.3, 0.4) is 0 Å². The maximum Gasteiger partial charge on any atom is 0.0795 e. The van der Waals surface area contributed by atoms with Gasteiger partial charge in [0.05, 0.1) is 6.10 Å². The minimum Gasteiger partial charge on any atom is -0.391 e. The Morgan fingerprint density at radius 1 is 1.58 bits per heavy atom. The summed E-state index contributed by atoms with van der Waals surface area (Å²) in [4.78, 5) is 0. The van der Waals surface area contributed by atoms with Gasteiger partial charge in [0.25, 0.3) is 0 Å². The Balaban J connectivity index is 2.23. The summed E-state index contributed by atoms with van der Waals surface area (Å²) in [6.45, 7) is 5.65. The molecule has 1 fully saturated rings. The Bertz CT molecular complexity index is 146. The lowest BCUT2D eigenvalue weighted by Gasteiger charge is -2.21. The molecule has 3 nitrogen and oxygen atoms in total. The molecular weight excluding hydrogens is 172 g/mol. The Labute approximate surface area is 78.1 Å². The largest absolute Gasteiger partial charge is 0.391 e. The molecule has 12 heavy (non-hydrogen) atoms. The molecule has 1 heterocycles. The van der Waals surface area contributed by atoms with Crippen LogP contribution in [-0.4, -0.2) is 40.8 Å². The van der Waals surface area contributed by atoms with E-state index in [1.807, 2.05) is 13.8 Å². The van der Waals surface area contributed by atoms with Crippen LogP contribution in [0.2, 0.25) is 0 Å². The quantitative estimate of drug-likeness (QED) is 0.576. The molecule has 0 saturated carbocycles. The predicted octanol–water partition coefficient (Wildman–Crippen LogP) is -0.210. The minimum atomic E-state index is -0.197. The van der Waals surface area contributed by atoms with Crippen LogP contribution in [0, 0.1) is 0 Å². The Hall–Kier alpha value is 0.230. The second kappa shape index (κ2) is 3.96. The van der Waals surface area contributed by atoms with Crippen molar-refractivity contribution in [2.75, 3.05) is 18.8 Å². The summed E-state index contributed by atoms with van der Waals surface area (Å²) in [6.07, 6.45) is -0.197. The van der Waals surface area contributed by atoms with E-state index in [1.165, 1.54) is 0 Å². The summed E-state index contributed by atoms with van der Waals surface area (Å²) in [5.41, 5.74) is 5.70. The summed E-state index contributed by atoms with van der Waals surface area (Å²) in [7, 11) is 0. The van der Waals surface area contributed by atoms with E-state index in [4.69, 9.17) is 5.73 Å². The highest BCUT2D eigenvalue weighted by molar-refractivity contribution is 8.00. The van der Waals surface area contributed by atoms with Crippen LogP contribution in [0.4, 0.5) is 0 Å². The molecule has 1 aliphatic rings. The van der Waals surface area contributed by atoms with Gasteiger partial charge in [0.1, 0.15) is 0 Å². The van der Waals surface area contributed by atoms with Crippen molar-refractivity contribution < 1.29 is 5.11 Å². The van der Waals surface area contributed by atoms with Gasteiger partial charge in [-0.2, -0.15) is 11.8 Å². The number of β-amino-alcohol motifs (C(OH)–C–C–N with tert-alkyl or cyclic N) is 1. The van der Waals surface area contributed by atoms with E-state index in [0.29, 0.717) is 5.25 Å². The van der Waals surface area contributed by atoms with E-state index in [2.05, 4.69) is 5.32 Å². The van der Waals surface area contributed by atoms with Crippen LogP contribution in [-0.2, 0) is 0 Å². The van der Waals surface area contributed by atoms with Crippen LogP contribution in [0.15, 0.2) is 0 Å².